The Labute approximate surface area is 193 Å². The molecule has 0 radical (unpaired) electrons. The Bertz CT molecular complexity index is 1210. The number of fused-ring (bicyclic) bond motifs is 1. The van der Waals surface area contributed by atoms with Crippen molar-refractivity contribution in [3.05, 3.63) is 41.6 Å². The molecule has 0 atom stereocenters. The van der Waals surface area contributed by atoms with Crippen molar-refractivity contribution in [3.63, 3.8) is 0 Å². The number of nitrogens with one attached hydrogen (secondary N) is 1. The quantitative estimate of drug-likeness (QED) is 0.616. The number of hydrogen-bond acceptors (Lipinski definition) is 8. The molecule has 0 spiro atoms. The first-order valence-corrected chi connectivity index (χ1v) is 10.3. The molecule has 0 aliphatic carbocycles. The predicted molar refractivity (Wildman–Crippen MR) is 119 cm³/mol. The van der Waals surface area contributed by atoms with Gasteiger partial charge in [-0.3, -0.25) is 4.90 Å². The fraction of sp³-hybridized carbons (Fsp3) is 0.300. The van der Waals surface area contributed by atoms with E-state index in [1.54, 1.807) is 11.9 Å². The third kappa shape index (κ3) is 4.70. The van der Waals surface area contributed by atoms with E-state index in [1.165, 1.54) is 47.6 Å². The van der Waals surface area contributed by atoms with Crippen molar-refractivity contribution in [2.75, 3.05) is 50.6 Å². The number of aromatic nitrogens is 4. The van der Waals surface area contributed by atoms with Crippen LogP contribution in [0, 0.1) is 5.82 Å². The van der Waals surface area contributed by atoms with Crippen LogP contribution in [-0.2, 0) is 4.74 Å². The second kappa shape index (κ2) is 9.36. The normalized spacial score (nSPS) is 13.7. The van der Waals surface area contributed by atoms with E-state index in [9.17, 15) is 14.0 Å². The molecule has 3 aromatic rings. The molecule has 0 unspecified atom stereocenters. The topological polar surface area (TPSA) is 117 Å². The van der Waals surface area contributed by atoms with Crippen LogP contribution in [0.2, 0.25) is 5.02 Å². The van der Waals surface area contributed by atoms with Crippen LogP contribution in [0.25, 0.3) is 11.0 Å². The molecular weight excluding hydrogens is 455 g/mol. The maximum atomic E-state index is 13.5. The number of benzene rings is 1. The molecule has 0 bridgehead atoms. The van der Waals surface area contributed by atoms with Crippen molar-refractivity contribution >= 4 is 52.2 Å². The van der Waals surface area contributed by atoms with Crippen LogP contribution in [0.3, 0.4) is 0 Å². The molecule has 11 nitrogen and oxygen atoms in total. The van der Waals surface area contributed by atoms with Crippen molar-refractivity contribution in [3.8, 4) is 0 Å². The van der Waals surface area contributed by atoms with Crippen molar-refractivity contribution in [1.29, 1.82) is 0 Å². The molecular formula is C20H20ClFN8O3. The van der Waals surface area contributed by atoms with Crippen molar-refractivity contribution in [1.82, 2.24) is 29.7 Å². The largest absolute Gasteiger partial charge is 0.453 e. The minimum Gasteiger partial charge on any atom is -0.453 e. The van der Waals surface area contributed by atoms with Gasteiger partial charge in [0.15, 0.2) is 5.82 Å². The van der Waals surface area contributed by atoms with Gasteiger partial charge in [-0.2, -0.15) is 0 Å². The molecule has 1 aromatic carbocycles. The van der Waals surface area contributed by atoms with E-state index >= 15 is 0 Å². The van der Waals surface area contributed by atoms with Gasteiger partial charge in [-0.15, -0.1) is 0 Å². The summed E-state index contributed by atoms with van der Waals surface area (Å²) in [6, 6.07) is 3.87. The highest BCUT2D eigenvalue weighted by atomic mass is 35.5. The van der Waals surface area contributed by atoms with E-state index in [0.29, 0.717) is 48.7 Å². The molecule has 0 saturated carbocycles. The van der Waals surface area contributed by atoms with Gasteiger partial charge in [-0.05, 0) is 18.2 Å². The van der Waals surface area contributed by atoms with Crippen LogP contribution < -0.4 is 10.2 Å². The summed E-state index contributed by atoms with van der Waals surface area (Å²) in [5.74, 6) is -0.0383. The second-order valence-corrected chi connectivity index (χ2v) is 7.57. The number of carbonyl (C=O) groups is 2. The first-order chi connectivity index (χ1) is 15.9. The molecule has 3 heterocycles. The molecule has 33 heavy (non-hydrogen) atoms. The second-order valence-electron chi connectivity index (χ2n) is 7.17. The van der Waals surface area contributed by atoms with Crippen LogP contribution in [0.1, 0.15) is 0 Å². The summed E-state index contributed by atoms with van der Waals surface area (Å²) >= 11 is 5.86. The van der Waals surface area contributed by atoms with Gasteiger partial charge in [0, 0.05) is 38.9 Å². The van der Waals surface area contributed by atoms with Gasteiger partial charge >= 0.3 is 12.1 Å². The van der Waals surface area contributed by atoms with Gasteiger partial charge in [0.05, 0.1) is 18.3 Å². The van der Waals surface area contributed by atoms with Crippen LogP contribution in [0.15, 0.2) is 30.7 Å². The van der Waals surface area contributed by atoms with Gasteiger partial charge in [0.25, 0.3) is 0 Å². The number of carbonyl (C=O) groups excluding carboxylic acids is 2. The van der Waals surface area contributed by atoms with Crippen molar-refractivity contribution in [2.45, 2.75) is 0 Å². The Morgan fingerprint density at radius 2 is 1.88 bits per heavy atom. The summed E-state index contributed by atoms with van der Waals surface area (Å²) in [5, 5.41) is 3.00. The lowest BCUT2D eigenvalue weighted by molar-refractivity contribution is 0.0984. The SMILES string of the molecule is COC(=O)N1CCN(C(=O)N(C)c2ncc3ncnc(Nc4ccc(F)c(Cl)c4)c3n2)CC1. The zero-order chi connectivity index (χ0) is 23.5. The molecule has 1 aliphatic rings. The monoisotopic (exact) mass is 474 g/mol. The zero-order valence-electron chi connectivity index (χ0n) is 17.8. The fourth-order valence-electron chi connectivity index (χ4n) is 3.32. The Morgan fingerprint density at radius 3 is 2.58 bits per heavy atom. The van der Waals surface area contributed by atoms with Gasteiger partial charge < -0.3 is 19.9 Å². The number of nitrogens with zero attached hydrogens (tertiary/aromatic N) is 7. The van der Waals surface area contributed by atoms with Gasteiger partial charge in [0.1, 0.15) is 23.2 Å². The highest BCUT2D eigenvalue weighted by Crippen LogP contribution is 2.25. The summed E-state index contributed by atoms with van der Waals surface area (Å²) < 4.78 is 18.2. The van der Waals surface area contributed by atoms with Gasteiger partial charge in [-0.1, -0.05) is 11.6 Å². The third-order valence-corrected chi connectivity index (χ3v) is 5.41. The Morgan fingerprint density at radius 1 is 1.15 bits per heavy atom. The Hall–Kier alpha value is -3.80. The number of hydrogen-bond donors (Lipinski definition) is 1. The highest BCUT2D eigenvalue weighted by Gasteiger charge is 2.28. The molecule has 13 heteroatoms. The van der Waals surface area contributed by atoms with E-state index in [4.69, 9.17) is 16.3 Å². The first-order valence-electron chi connectivity index (χ1n) is 9.92. The van der Waals surface area contributed by atoms with Crippen LogP contribution in [-0.4, -0.2) is 82.2 Å². The van der Waals surface area contributed by atoms with E-state index in [1.807, 2.05) is 0 Å². The lowest BCUT2D eigenvalue weighted by atomic mass is 10.3. The summed E-state index contributed by atoms with van der Waals surface area (Å²) in [6.45, 7) is 1.44. The fourth-order valence-corrected chi connectivity index (χ4v) is 3.50. The predicted octanol–water partition coefficient (Wildman–Crippen LogP) is 2.90. The maximum Gasteiger partial charge on any atom is 0.409 e. The number of piperazine rings is 1. The maximum absolute atomic E-state index is 13.5. The summed E-state index contributed by atoms with van der Waals surface area (Å²) in [6.07, 6.45) is 2.41. The number of urea groups is 1. The van der Waals surface area contributed by atoms with E-state index in [-0.39, 0.29) is 17.0 Å². The van der Waals surface area contributed by atoms with Crippen LogP contribution >= 0.6 is 11.6 Å². The smallest absolute Gasteiger partial charge is 0.409 e. The Kier molecular flexibility index (Phi) is 6.36. The molecule has 3 amide bonds. The molecule has 1 fully saturated rings. The lowest BCUT2D eigenvalue weighted by Crippen LogP contribution is -2.53. The molecule has 1 aliphatic heterocycles. The zero-order valence-corrected chi connectivity index (χ0v) is 18.6. The number of rotatable bonds is 3. The lowest BCUT2D eigenvalue weighted by Gasteiger charge is -2.35. The van der Waals surface area contributed by atoms with Gasteiger partial charge in [0.2, 0.25) is 5.95 Å². The average Bonchev–Trinajstić information content (AvgIpc) is 2.85. The first kappa shape index (κ1) is 22.4. The molecule has 172 valence electrons. The highest BCUT2D eigenvalue weighted by molar-refractivity contribution is 6.31. The van der Waals surface area contributed by atoms with E-state index < -0.39 is 11.9 Å². The number of halogens is 2. The third-order valence-electron chi connectivity index (χ3n) is 5.12. The molecule has 2 aromatic heterocycles. The van der Waals surface area contributed by atoms with E-state index in [0.717, 1.165) is 0 Å². The Balaban J connectivity index is 1.54. The number of ether oxygens (including phenoxy) is 1. The van der Waals surface area contributed by atoms with Gasteiger partial charge in [-0.25, -0.2) is 33.9 Å². The number of anilines is 3. The van der Waals surface area contributed by atoms with Crippen molar-refractivity contribution < 1.29 is 18.7 Å². The summed E-state index contributed by atoms with van der Waals surface area (Å²) in [5.41, 5.74) is 1.34. The molecule has 1 N–H and O–H groups in total. The van der Waals surface area contributed by atoms with E-state index in [2.05, 4.69) is 25.3 Å². The summed E-state index contributed by atoms with van der Waals surface area (Å²) in [7, 11) is 2.88. The molecule has 4 rings (SSSR count). The minimum atomic E-state index is -0.535. The number of amides is 3. The average molecular weight is 475 g/mol. The molecule has 1 saturated heterocycles. The minimum absolute atomic E-state index is 0.0358. The van der Waals surface area contributed by atoms with Crippen LogP contribution in [0.4, 0.5) is 31.4 Å². The van der Waals surface area contributed by atoms with Crippen LogP contribution in [0.5, 0.6) is 0 Å². The summed E-state index contributed by atoms with van der Waals surface area (Å²) in [4.78, 5) is 46.2. The standard InChI is InChI=1S/C20H20ClFN8O3/c1-28(19(31)29-5-7-30(8-6-29)20(32)33-2)18-23-10-15-16(27-18)17(25-11-24-15)26-12-3-4-14(22)13(21)9-12/h3-4,9-11H,5-8H2,1-2H3,(H,24,25,26). The number of methoxy groups -OCH3 is 1. The van der Waals surface area contributed by atoms with Crippen molar-refractivity contribution in [2.24, 2.45) is 0 Å².